The van der Waals surface area contributed by atoms with E-state index in [1.165, 1.54) is 25.7 Å². The van der Waals surface area contributed by atoms with Gasteiger partial charge in [0.1, 0.15) is 23.7 Å². The topological polar surface area (TPSA) is 58.1 Å². The zero-order chi connectivity index (χ0) is 13.7. The summed E-state index contributed by atoms with van der Waals surface area (Å²) in [6, 6.07) is 2.55. The number of hydrogen-bond acceptors (Lipinski definition) is 5. The second-order valence-electron chi connectivity index (χ2n) is 5.19. The lowest BCUT2D eigenvalue weighted by Gasteiger charge is -2.25. The molecular formula is C14H22N4O. The van der Waals surface area contributed by atoms with Crippen molar-refractivity contribution in [3.8, 4) is 0 Å². The predicted octanol–water partition coefficient (Wildman–Crippen LogP) is 2.25. The lowest BCUT2D eigenvalue weighted by molar-refractivity contribution is -0.116. The molecule has 5 nitrogen and oxygen atoms in total. The van der Waals surface area contributed by atoms with Crippen molar-refractivity contribution in [1.82, 2.24) is 9.97 Å². The Balaban J connectivity index is 1.95. The molecule has 2 rings (SSSR count). The van der Waals surface area contributed by atoms with Crippen molar-refractivity contribution in [2.45, 2.75) is 45.1 Å². The molecule has 1 aliphatic rings. The number of Topliss-reactive ketones (excluding diaryl/α,β-unsaturated/α-hetero) is 1. The zero-order valence-electron chi connectivity index (χ0n) is 11.7. The largest absolute Gasteiger partial charge is 0.369 e. The van der Waals surface area contributed by atoms with Gasteiger partial charge in [-0.15, -0.1) is 0 Å². The minimum atomic E-state index is 0.185. The monoisotopic (exact) mass is 262 g/mol. The Morgan fingerprint density at radius 3 is 2.84 bits per heavy atom. The number of ketones is 1. The highest BCUT2D eigenvalue weighted by Gasteiger charge is 2.20. The maximum absolute atomic E-state index is 10.9. The molecule has 19 heavy (non-hydrogen) atoms. The number of rotatable bonds is 6. The molecule has 1 aromatic rings. The molecule has 5 heteroatoms. The first-order valence-corrected chi connectivity index (χ1v) is 6.95. The molecule has 104 valence electrons. The quantitative estimate of drug-likeness (QED) is 0.852. The van der Waals surface area contributed by atoms with E-state index in [1.54, 1.807) is 13.3 Å². The highest BCUT2D eigenvalue weighted by molar-refractivity contribution is 5.75. The minimum Gasteiger partial charge on any atom is -0.369 e. The molecule has 0 atom stereocenters. The van der Waals surface area contributed by atoms with Crippen LogP contribution in [0, 0.1) is 0 Å². The van der Waals surface area contributed by atoms with E-state index in [0.717, 1.165) is 11.6 Å². The third-order valence-corrected chi connectivity index (χ3v) is 3.67. The van der Waals surface area contributed by atoms with E-state index < -0.39 is 0 Å². The Bertz CT molecular complexity index is 429. The summed E-state index contributed by atoms with van der Waals surface area (Å²) >= 11 is 0. The number of carbonyl (C=O) groups is 1. The number of carbonyl (C=O) groups excluding carboxylic acids is 1. The molecule has 1 aliphatic carbocycles. The molecule has 0 unspecified atom stereocenters. The van der Waals surface area contributed by atoms with Gasteiger partial charge >= 0.3 is 0 Å². The highest BCUT2D eigenvalue weighted by atomic mass is 16.1. The molecule has 0 spiro atoms. The van der Waals surface area contributed by atoms with E-state index in [4.69, 9.17) is 0 Å². The molecule has 0 saturated heterocycles. The van der Waals surface area contributed by atoms with Crippen LogP contribution in [0.2, 0.25) is 0 Å². The molecule has 1 aromatic heterocycles. The Labute approximate surface area is 114 Å². The van der Waals surface area contributed by atoms with E-state index in [-0.39, 0.29) is 5.78 Å². The van der Waals surface area contributed by atoms with E-state index in [0.29, 0.717) is 19.0 Å². The average Bonchev–Trinajstić information content (AvgIpc) is 2.91. The minimum absolute atomic E-state index is 0.185. The molecular weight excluding hydrogens is 240 g/mol. The summed E-state index contributed by atoms with van der Waals surface area (Å²) in [6.45, 7) is 2.22. The van der Waals surface area contributed by atoms with Gasteiger partial charge in [-0.2, -0.15) is 0 Å². The van der Waals surface area contributed by atoms with Gasteiger partial charge in [-0.05, 0) is 19.8 Å². The van der Waals surface area contributed by atoms with Crippen LogP contribution in [0.3, 0.4) is 0 Å². The van der Waals surface area contributed by atoms with Crippen LogP contribution in [-0.4, -0.2) is 35.4 Å². The van der Waals surface area contributed by atoms with Crippen LogP contribution in [0.4, 0.5) is 11.6 Å². The van der Waals surface area contributed by atoms with Gasteiger partial charge in [0.05, 0.1) is 0 Å². The van der Waals surface area contributed by atoms with Gasteiger partial charge in [0.15, 0.2) is 0 Å². The molecule has 1 fully saturated rings. The summed E-state index contributed by atoms with van der Waals surface area (Å²) in [5, 5.41) is 3.16. The van der Waals surface area contributed by atoms with Crippen LogP contribution in [-0.2, 0) is 4.79 Å². The van der Waals surface area contributed by atoms with Crippen LogP contribution < -0.4 is 10.2 Å². The zero-order valence-corrected chi connectivity index (χ0v) is 11.7. The number of nitrogens with one attached hydrogen (secondary N) is 1. The van der Waals surface area contributed by atoms with E-state index in [9.17, 15) is 4.79 Å². The van der Waals surface area contributed by atoms with Crippen LogP contribution in [0.5, 0.6) is 0 Å². The molecule has 0 amide bonds. The maximum Gasteiger partial charge on any atom is 0.134 e. The second-order valence-corrected chi connectivity index (χ2v) is 5.19. The van der Waals surface area contributed by atoms with Crippen LogP contribution in [0.25, 0.3) is 0 Å². The first-order valence-electron chi connectivity index (χ1n) is 6.95. The van der Waals surface area contributed by atoms with Crippen molar-refractivity contribution in [2.24, 2.45) is 0 Å². The lowest BCUT2D eigenvalue weighted by atomic mass is 10.2. The Hall–Kier alpha value is -1.65. The molecule has 1 heterocycles. The van der Waals surface area contributed by atoms with Gasteiger partial charge in [0, 0.05) is 32.1 Å². The Morgan fingerprint density at radius 1 is 1.42 bits per heavy atom. The highest BCUT2D eigenvalue weighted by Crippen LogP contribution is 2.26. The maximum atomic E-state index is 10.9. The lowest BCUT2D eigenvalue weighted by Crippen LogP contribution is -2.29. The van der Waals surface area contributed by atoms with Crippen molar-refractivity contribution in [3.05, 3.63) is 12.4 Å². The smallest absolute Gasteiger partial charge is 0.134 e. The fourth-order valence-corrected chi connectivity index (χ4v) is 2.48. The van der Waals surface area contributed by atoms with Crippen molar-refractivity contribution < 1.29 is 4.79 Å². The molecule has 0 bridgehead atoms. The summed E-state index contributed by atoms with van der Waals surface area (Å²) in [4.78, 5) is 21.7. The normalized spacial score (nSPS) is 15.5. The first-order chi connectivity index (χ1) is 9.16. The van der Waals surface area contributed by atoms with Gasteiger partial charge in [0.2, 0.25) is 0 Å². The van der Waals surface area contributed by atoms with Crippen molar-refractivity contribution in [2.75, 3.05) is 23.8 Å². The van der Waals surface area contributed by atoms with Crippen molar-refractivity contribution in [1.29, 1.82) is 0 Å². The summed E-state index contributed by atoms with van der Waals surface area (Å²) < 4.78 is 0. The van der Waals surface area contributed by atoms with Gasteiger partial charge < -0.3 is 10.2 Å². The van der Waals surface area contributed by atoms with E-state index in [1.807, 2.05) is 6.07 Å². The molecule has 1 N–H and O–H groups in total. The van der Waals surface area contributed by atoms with Crippen molar-refractivity contribution in [3.63, 3.8) is 0 Å². The third-order valence-electron chi connectivity index (χ3n) is 3.67. The Morgan fingerprint density at radius 2 is 2.16 bits per heavy atom. The van der Waals surface area contributed by atoms with Crippen LogP contribution in [0.1, 0.15) is 39.0 Å². The summed E-state index contributed by atoms with van der Waals surface area (Å²) in [5.74, 6) is 1.92. The standard InChI is InChI=1S/C14H22N4O/c1-11(19)7-8-15-13-9-14(17-10-16-13)18(2)12-5-3-4-6-12/h9-10,12H,3-8H2,1-2H3,(H,15,16,17). The number of hydrogen-bond donors (Lipinski definition) is 1. The van der Waals surface area contributed by atoms with Gasteiger partial charge in [-0.1, -0.05) is 12.8 Å². The first kappa shape index (κ1) is 13.8. The molecule has 1 saturated carbocycles. The summed E-state index contributed by atoms with van der Waals surface area (Å²) in [6.07, 6.45) is 7.21. The predicted molar refractivity (Wildman–Crippen MR) is 76.5 cm³/mol. The van der Waals surface area contributed by atoms with E-state index in [2.05, 4.69) is 27.2 Å². The van der Waals surface area contributed by atoms with Crippen LogP contribution in [0.15, 0.2) is 12.4 Å². The second kappa shape index (κ2) is 6.50. The number of nitrogens with zero attached hydrogens (tertiary/aromatic N) is 3. The van der Waals surface area contributed by atoms with Gasteiger partial charge in [-0.25, -0.2) is 9.97 Å². The Kier molecular flexibility index (Phi) is 4.71. The SMILES string of the molecule is CC(=O)CCNc1cc(N(C)C2CCCC2)ncn1. The molecule has 0 aromatic carbocycles. The fourth-order valence-electron chi connectivity index (χ4n) is 2.48. The number of anilines is 2. The average molecular weight is 262 g/mol. The van der Waals surface area contributed by atoms with Gasteiger partial charge in [0.25, 0.3) is 0 Å². The fraction of sp³-hybridized carbons (Fsp3) is 0.643. The van der Waals surface area contributed by atoms with E-state index >= 15 is 0 Å². The summed E-state index contributed by atoms with van der Waals surface area (Å²) in [5.41, 5.74) is 0. The van der Waals surface area contributed by atoms with Gasteiger partial charge in [-0.3, -0.25) is 4.79 Å². The summed E-state index contributed by atoms with van der Waals surface area (Å²) in [7, 11) is 2.09. The molecule has 0 radical (unpaired) electrons. The number of aromatic nitrogens is 2. The van der Waals surface area contributed by atoms with Crippen LogP contribution >= 0.6 is 0 Å². The third kappa shape index (κ3) is 3.91. The van der Waals surface area contributed by atoms with Crippen molar-refractivity contribution >= 4 is 17.4 Å². The molecule has 0 aliphatic heterocycles.